The van der Waals surface area contributed by atoms with E-state index in [-0.39, 0.29) is 45.4 Å². The number of amides is 4. The number of anilines is 4. The number of nitrogens with zero attached hydrogens (tertiary/aromatic N) is 2. The van der Waals surface area contributed by atoms with E-state index in [1.807, 2.05) is 41.5 Å². The summed E-state index contributed by atoms with van der Waals surface area (Å²) < 4.78 is 0. The van der Waals surface area contributed by atoms with Gasteiger partial charge in [-0.3, -0.25) is 19.2 Å². The van der Waals surface area contributed by atoms with E-state index < -0.39 is 11.8 Å². The first-order valence-corrected chi connectivity index (χ1v) is 13.4. The molecule has 1 aromatic carbocycles. The first kappa shape index (κ1) is 31.5. The number of carbonyl (C=O) groups is 4. The molecule has 0 bridgehead atoms. The van der Waals surface area contributed by atoms with Crippen LogP contribution in [-0.4, -0.2) is 33.6 Å². The summed E-state index contributed by atoms with van der Waals surface area (Å²) in [4.78, 5) is 59.3. The second-order valence-electron chi connectivity index (χ2n) is 12.2. The Hall–Kier alpha value is -5.04. The maximum atomic E-state index is 13.1. The van der Waals surface area contributed by atoms with Crippen molar-refractivity contribution < 1.29 is 19.2 Å². The van der Waals surface area contributed by atoms with Crippen LogP contribution >= 0.6 is 0 Å². The van der Waals surface area contributed by atoms with Gasteiger partial charge in [-0.15, -0.1) is 6.42 Å². The zero-order valence-corrected chi connectivity index (χ0v) is 24.7. The third-order valence-corrected chi connectivity index (χ3v) is 5.52. The Labute approximate surface area is 246 Å². The molecule has 0 saturated carbocycles. The maximum absolute atomic E-state index is 13.1. The molecule has 42 heavy (non-hydrogen) atoms. The number of rotatable bonds is 8. The minimum Gasteiger partial charge on any atom is -0.311 e. The maximum Gasteiger partial charge on any atom is 0.256 e. The van der Waals surface area contributed by atoms with Crippen molar-refractivity contribution in [3.8, 4) is 12.3 Å². The van der Waals surface area contributed by atoms with E-state index in [9.17, 15) is 19.2 Å². The van der Waals surface area contributed by atoms with E-state index in [1.54, 1.807) is 36.4 Å². The average molecular weight is 569 g/mol. The Morgan fingerprint density at radius 1 is 0.643 bits per heavy atom. The topological polar surface area (TPSA) is 142 Å². The van der Waals surface area contributed by atoms with Gasteiger partial charge in [0.15, 0.2) is 0 Å². The van der Waals surface area contributed by atoms with Crippen molar-refractivity contribution >= 4 is 46.9 Å². The molecule has 0 unspecified atom stereocenters. The van der Waals surface area contributed by atoms with Gasteiger partial charge in [-0.25, -0.2) is 9.97 Å². The predicted molar refractivity (Wildman–Crippen MR) is 164 cm³/mol. The normalized spacial score (nSPS) is 11.2. The molecule has 0 fully saturated rings. The summed E-state index contributed by atoms with van der Waals surface area (Å²) >= 11 is 0. The van der Waals surface area contributed by atoms with Crippen LogP contribution in [0, 0.1) is 23.2 Å². The van der Waals surface area contributed by atoms with Crippen molar-refractivity contribution in [1.29, 1.82) is 0 Å². The van der Waals surface area contributed by atoms with Gasteiger partial charge in [0.25, 0.3) is 11.8 Å². The highest BCUT2D eigenvalue weighted by Crippen LogP contribution is 2.21. The molecule has 218 valence electrons. The van der Waals surface area contributed by atoms with E-state index in [4.69, 9.17) is 6.42 Å². The summed E-state index contributed by atoms with van der Waals surface area (Å²) in [7, 11) is 0. The minimum atomic E-state index is -0.548. The molecule has 4 amide bonds. The van der Waals surface area contributed by atoms with Gasteiger partial charge in [0.1, 0.15) is 23.3 Å². The summed E-state index contributed by atoms with van der Waals surface area (Å²) in [6, 6.07) is 14.1. The van der Waals surface area contributed by atoms with E-state index in [2.05, 4.69) is 37.2 Å². The Morgan fingerprint density at radius 2 is 1.00 bits per heavy atom. The first-order chi connectivity index (χ1) is 19.6. The highest BCUT2D eigenvalue weighted by Gasteiger charge is 2.19. The number of benzene rings is 1. The molecule has 0 spiro atoms. The summed E-state index contributed by atoms with van der Waals surface area (Å²) in [5.41, 5.74) is 0.206. The fourth-order valence-electron chi connectivity index (χ4n) is 3.84. The summed E-state index contributed by atoms with van der Waals surface area (Å²) in [5, 5.41) is 10.8. The lowest BCUT2D eigenvalue weighted by Crippen LogP contribution is -2.21. The number of hydrogen-bond donors (Lipinski definition) is 4. The first-order valence-electron chi connectivity index (χ1n) is 13.4. The highest BCUT2D eigenvalue weighted by molar-refractivity contribution is 6.09. The van der Waals surface area contributed by atoms with Crippen LogP contribution in [0.5, 0.6) is 0 Å². The van der Waals surface area contributed by atoms with E-state index in [1.165, 1.54) is 18.2 Å². The van der Waals surface area contributed by atoms with Crippen molar-refractivity contribution in [3.63, 3.8) is 0 Å². The van der Waals surface area contributed by atoms with Gasteiger partial charge in [-0.05, 0) is 53.3 Å². The number of hydrogen-bond acceptors (Lipinski definition) is 6. The standard InChI is InChI=1S/C32H36N6O4/c1-8-20-15-21(29(41)37-25-13-9-11-23(33-25)35-27(39)18-31(2,3)4)17-22(16-20)30(42)38-26-14-10-12-24(34-26)36-28(40)19-32(5,6)7/h1,9-17H,18-19H2,2-7H3,(H2,33,35,37,39,41)(H2,34,36,38,40,42). The van der Waals surface area contributed by atoms with Crippen molar-refractivity contribution in [2.75, 3.05) is 21.3 Å². The molecule has 0 aliphatic rings. The largest absolute Gasteiger partial charge is 0.311 e. The molecule has 3 aromatic rings. The van der Waals surface area contributed by atoms with Crippen molar-refractivity contribution in [2.24, 2.45) is 10.8 Å². The molecular weight excluding hydrogens is 532 g/mol. The van der Waals surface area contributed by atoms with E-state index in [0.717, 1.165) is 0 Å². The van der Waals surface area contributed by atoms with E-state index in [0.29, 0.717) is 30.0 Å². The molecule has 0 saturated heterocycles. The van der Waals surface area contributed by atoms with Gasteiger partial charge in [0.2, 0.25) is 11.8 Å². The smallest absolute Gasteiger partial charge is 0.256 e. The van der Waals surface area contributed by atoms with Gasteiger partial charge in [-0.2, -0.15) is 0 Å². The molecule has 10 heteroatoms. The molecular formula is C32H36N6O4. The number of nitrogens with one attached hydrogen (secondary N) is 4. The summed E-state index contributed by atoms with van der Waals surface area (Å²) in [5.74, 6) is 1.99. The summed E-state index contributed by atoms with van der Waals surface area (Å²) in [6.45, 7) is 11.7. The number of carbonyl (C=O) groups excluding carboxylic acids is 4. The van der Waals surface area contributed by atoms with Crippen LogP contribution in [0.1, 0.15) is 80.7 Å². The molecule has 0 radical (unpaired) electrons. The van der Waals surface area contributed by atoms with Crippen LogP contribution in [0.2, 0.25) is 0 Å². The number of terminal acetylenes is 1. The van der Waals surface area contributed by atoms with Crippen LogP contribution in [0.15, 0.2) is 54.6 Å². The molecule has 0 atom stereocenters. The SMILES string of the molecule is C#Cc1cc(C(=O)Nc2cccc(NC(=O)CC(C)(C)C)n2)cc(C(=O)Nc2cccc(NC(=O)CC(C)(C)C)n2)c1. The molecule has 10 nitrogen and oxygen atoms in total. The fraction of sp³-hybridized carbons (Fsp3) is 0.312. The van der Waals surface area contributed by atoms with Gasteiger partial charge in [-0.1, -0.05) is 59.6 Å². The quantitative estimate of drug-likeness (QED) is 0.256. The van der Waals surface area contributed by atoms with Crippen LogP contribution in [-0.2, 0) is 9.59 Å². The van der Waals surface area contributed by atoms with Gasteiger partial charge in [0, 0.05) is 29.5 Å². The number of aromatic nitrogens is 2. The lowest BCUT2D eigenvalue weighted by Gasteiger charge is -2.17. The summed E-state index contributed by atoms with van der Waals surface area (Å²) in [6.07, 6.45) is 6.21. The molecule has 2 aromatic heterocycles. The van der Waals surface area contributed by atoms with Crippen molar-refractivity contribution in [1.82, 2.24) is 9.97 Å². The minimum absolute atomic E-state index is 0.135. The third-order valence-electron chi connectivity index (χ3n) is 5.52. The van der Waals surface area contributed by atoms with Crippen molar-refractivity contribution in [2.45, 2.75) is 54.4 Å². The van der Waals surface area contributed by atoms with Gasteiger partial charge < -0.3 is 21.3 Å². The monoisotopic (exact) mass is 568 g/mol. The molecule has 2 heterocycles. The second kappa shape index (κ2) is 13.1. The molecule has 4 N–H and O–H groups in total. The lowest BCUT2D eigenvalue weighted by molar-refractivity contribution is -0.118. The average Bonchev–Trinajstić information content (AvgIpc) is 2.86. The Balaban J connectivity index is 1.73. The van der Waals surface area contributed by atoms with Gasteiger partial charge in [0.05, 0.1) is 0 Å². The Kier molecular flexibility index (Phi) is 9.81. The van der Waals surface area contributed by atoms with Crippen LogP contribution < -0.4 is 21.3 Å². The van der Waals surface area contributed by atoms with Crippen LogP contribution in [0.3, 0.4) is 0 Å². The predicted octanol–water partition coefficient (Wildman–Crippen LogP) is 5.71. The molecule has 0 aliphatic heterocycles. The van der Waals surface area contributed by atoms with Gasteiger partial charge >= 0.3 is 0 Å². The fourth-order valence-corrected chi connectivity index (χ4v) is 3.84. The van der Waals surface area contributed by atoms with Crippen LogP contribution in [0.4, 0.5) is 23.3 Å². The Morgan fingerprint density at radius 3 is 1.33 bits per heavy atom. The lowest BCUT2D eigenvalue weighted by atomic mass is 9.92. The zero-order chi connectivity index (χ0) is 31.1. The van der Waals surface area contributed by atoms with E-state index >= 15 is 0 Å². The third kappa shape index (κ3) is 10.2. The molecule has 3 rings (SSSR count). The van der Waals surface area contributed by atoms with Crippen molar-refractivity contribution in [3.05, 3.63) is 71.3 Å². The Bertz CT molecular complexity index is 1440. The highest BCUT2D eigenvalue weighted by atomic mass is 16.2. The van der Waals surface area contributed by atoms with Crippen LogP contribution in [0.25, 0.3) is 0 Å². The number of pyridine rings is 2. The second-order valence-corrected chi connectivity index (χ2v) is 12.2. The molecule has 0 aliphatic carbocycles. The zero-order valence-electron chi connectivity index (χ0n) is 24.7.